The normalized spacial score (nSPS) is 10.6. The van der Waals surface area contributed by atoms with Crippen molar-refractivity contribution < 1.29 is 14.6 Å². The maximum absolute atomic E-state index is 11.3. The standard InChI is InChI=1S/C14H18O3/c1-2-3-4-11-17-14(16)10-7-12-5-8-13(15)9-6-12/h5-10,15H,2-4,11H2,1H3/b10-7+. The van der Waals surface area contributed by atoms with Crippen LogP contribution in [0.15, 0.2) is 30.3 Å². The Morgan fingerprint density at radius 1 is 1.29 bits per heavy atom. The largest absolute Gasteiger partial charge is 0.508 e. The second kappa shape index (κ2) is 7.49. The zero-order valence-corrected chi connectivity index (χ0v) is 10.1. The number of ether oxygens (including phenoxy) is 1. The summed E-state index contributed by atoms with van der Waals surface area (Å²) < 4.78 is 5.01. The number of carbonyl (C=O) groups excluding carboxylic acids is 1. The molecular weight excluding hydrogens is 216 g/mol. The number of phenolic OH excluding ortho intramolecular Hbond substituents is 1. The Morgan fingerprint density at radius 3 is 2.65 bits per heavy atom. The molecular formula is C14H18O3. The monoisotopic (exact) mass is 234 g/mol. The third-order valence-electron chi connectivity index (χ3n) is 2.30. The second-order valence-electron chi connectivity index (χ2n) is 3.80. The zero-order chi connectivity index (χ0) is 12.5. The molecule has 0 aliphatic heterocycles. The van der Waals surface area contributed by atoms with E-state index in [0.29, 0.717) is 6.61 Å². The molecule has 3 heteroatoms. The predicted molar refractivity (Wildman–Crippen MR) is 67.6 cm³/mol. The number of benzene rings is 1. The Bertz CT molecular complexity index is 366. The van der Waals surface area contributed by atoms with Crippen molar-refractivity contribution in [3.05, 3.63) is 35.9 Å². The molecule has 0 saturated carbocycles. The molecule has 0 atom stereocenters. The van der Waals surface area contributed by atoms with Gasteiger partial charge in [-0.3, -0.25) is 0 Å². The molecule has 0 spiro atoms. The summed E-state index contributed by atoms with van der Waals surface area (Å²) in [6.45, 7) is 2.58. The number of unbranched alkanes of at least 4 members (excludes halogenated alkanes) is 2. The molecule has 0 bridgehead atoms. The molecule has 0 saturated heterocycles. The second-order valence-corrected chi connectivity index (χ2v) is 3.80. The van der Waals surface area contributed by atoms with E-state index in [2.05, 4.69) is 6.92 Å². The van der Waals surface area contributed by atoms with Crippen LogP contribution in [0.1, 0.15) is 31.7 Å². The highest BCUT2D eigenvalue weighted by atomic mass is 16.5. The van der Waals surface area contributed by atoms with Crippen molar-refractivity contribution >= 4 is 12.0 Å². The first-order chi connectivity index (χ1) is 8.22. The van der Waals surface area contributed by atoms with Gasteiger partial charge in [-0.25, -0.2) is 4.79 Å². The molecule has 0 unspecified atom stereocenters. The topological polar surface area (TPSA) is 46.5 Å². The number of hydrogen-bond donors (Lipinski definition) is 1. The molecule has 0 fully saturated rings. The molecule has 1 rings (SSSR count). The Kier molecular flexibility index (Phi) is 5.86. The molecule has 1 aromatic rings. The summed E-state index contributed by atoms with van der Waals surface area (Å²) in [4.78, 5) is 11.3. The average Bonchev–Trinajstić information content (AvgIpc) is 2.34. The van der Waals surface area contributed by atoms with E-state index >= 15 is 0 Å². The third kappa shape index (κ3) is 5.76. The first-order valence-corrected chi connectivity index (χ1v) is 5.86. The Labute approximate surface area is 102 Å². The fourth-order valence-electron chi connectivity index (χ4n) is 1.32. The van der Waals surface area contributed by atoms with Gasteiger partial charge in [0.15, 0.2) is 0 Å². The van der Waals surface area contributed by atoms with Crippen molar-refractivity contribution in [1.29, 1.82) is 0 Å². The van der Waals surface area contributed by atoms with Gasteiger partial charge in [0.25, 0.3) is 0 Å². The van der Waals surface area contributed by atoms with Crippen LogP contribution < -0.4 is 0 Å². The predicted octanol–water partition coefficient (Wildman–Crippen LogP) is 3.14. The SMILES string of the molecule is CCCCCOC(=O)/C=C/c1ccc(O)cc1. The molecule has 0 aliphatic rings. The number of esters is 1. The fourth-order valence-corrected chi connectivity index (χ4v) is 1.32. The molecule has 0 aliphatic carbocycles. The van der Waals surface area contributed by atoms with Crippen molar-refractivity contribution in [2.75, 3.05) is 6.61 Å². The fraction of sp³-hybridized carbons (Fsp3) is 0.357. The van der Waals surface area contributed by atoms with E-state index in [9.17, 15) is 4.79 Å². The lowest BCUT2D eigenvalue weighted by atomic mass is 10.2. The Hall–Kier alpha value is -1.77. The van der Waals surface area contributed by atoms with Gasteiger partial charge in [-0.1, -0.05) is 31.9 Å². The van der Waals surface area contributed by atoms with Gasteiger partial charge in [0.05, 0.1) is 6.61 Å². The lowest BCUT2D eigenvalue weighted by Crippen LogP contribution is -2.01. The van der Waals surface area contributed by atoms with Gasteiger partial charge in [0, 0.05) is 6.08 Å². The summed E-state index contributed by atoms with van der Waals surface area (Å²) in [5.74, 6) is -0.113. The van der Waals surface area contributed by atoms with Crippen molar-refractivity contribution in [2.24, 2.45) is 0 Å². The first-order valence-electron chi connectivity index (χ1n) is 5.86. The van der Waals surface area contributed by atoms with Crippen molar-refractivity contribution in [1.82, 2.24) is 0 Å². The molecule has 3 nitrogen and oxygen atoms in total. The molecule has 0 aromatic heterocycles. The zero-order valence-electron chi connectivity index (χ0n) is 10.1. The lowest BCUT2D eigenvalue weighted by molar-refractivity contribution is -0.137. The summed E-state index contributed by atoms with van der Waals surface area (Å²) in [7, 11) is 0. The number of carbonyl (C=O) groups is 1. The van der Waals surface area contributed by atoms with Crippen LogP contribution in [0.4, 0.5) is 0 Å². The third-order valence-corrected chi connectivity index (χ3v) is 2.30. The molecule has 17 heavy (non-hydrogen) atoms. The lowest BCUT2D eigenvalue weighted by Gasteiger charge is -2.00. The maximum Gasteiger partial charge on any atom is 0.330 e. The van der Waals surface area contributed by atoms with Gasteiger partial charge in [0.2, 0.25) is 0 Å². The van der Waals surface area contributed by atoms with E-state index in [1.165, 1.54) is 6.08 Å². The molecule has 0 heterocycles. The van der Waals surface area contributed by atoms with E-state index in [1.54, 1.807) is 30.3 Å². The van der Waals surface area contributed by atoms with Crippen molar-refractivity contribution in [3.63, 3.8) is 0 Å². The van der Waals surface area contributed by atoms with Crippen LogP contribution in [0.25, 0.3) is 6.08 Å². The quantitative estimate of drug-likeness (QED) is 0.467. The maximum atomic E-state index is 11.3. The van der Waals surface area contributed by atoms with Gasteiger partial charge in [-0.15, -0.1) is 0 Å². The van der Waals surface area contributed by atoms with Crippen molar-refractivity contribution in [2.45, 2.75) is 26.2 Å². The minimum Gasteiger partial charge on any atom is -0.508 e. The van der Waals surface area contributed by atoms with Crippen LogP contribution in [0.2, 0.25) is 0 Å². The van der Waals surface area contributed by atoms with Gasteiger partial charge < -0.3 is 9.84 Å². The van der Waals surface area contributed by atoms with E-state index < -0.39 is 0 Å². The number of phenols is 1. The molecule has 0 radical (unpaired) electrons. The highest BCUT2D eigenvalue weighted by Crippen LogP contribution is 2.10. The number of hydrogen-bond acceptors (Lipinski definition) is 3. The molecule has 1 N–H and O–H groups in total. The average molecular weight is 234 g/mol. The number of aromatic hydroxyl groups is 1. The van der Waals surface area contributed by atoms with E-state index in [1.807, 2.05) is 0 Å². The van der Waals surface area contributed by atoms with Gasteiger partial charge >= 0.3 is 5.97 Å². The molecule has 92 valence electrons. The number of rotatable bonds is 6. The van der Waals surface area contributed by atoms with Crippen LogP contribution in [-0.2, 0) is 9.53 Å². The summed E-state index contributed by atoms with van der Waals surface area (Å²) in [6.07, 6.45) is 6.17. The summed E-state index contributed by atoms with van der Waals surface area (Å²) in [5, 5.41) is 9.09. The summed E-state index contributed by atoms with van der Waals surface area (Å²) >= 11 is 0. The van der Waals surface area contributed by atoms with E-state index in [-0.39, 0.29) is 11.7 Å². The minimum absolute atomic E-state index is 0.212. The van der Waals surface area contributed by atoms with Gasteiger partial charge in [0.1, 0.15) is 5.75 Å². The van der Waals surface area contributed by atoms with Gasteiger partial charge in [-0.2, -0.15) is 0 Å². The Balaban J connectivity index is 2.32. The van der Waals surface area contributed by atoms with Crippen LogP contribution >= 0.6 is 0 Å². The van der Waals surface area contributed by atoms with E-state index in [4.69, 9.17) is 9.84 Å². The van der Waals surface area contributed by atoms with Crippen LogP contribution in [0.3, 0.4) is 0 Å². The minimum atomic E-state index is -0.325. The summed E-state index contributed by atoms with van der Waals surface area (Å²) in [5.41, 5.74) is 0.855. The highest BCUT2D eigenvalue weighted by molar-refractivity contribution is 5.87. The van der Waals surface area contributed by atoms with E-state index in [0.717, 1.165) is 24.8 Å². The van der Waals surface area contributed by atoms with Crippen LogP contribution in [0.5, 0.6) is 5.75 Å². The molecule has 0 amide bonds. The molecule has 1 aromatic carbocycles. The van der Waals surface area contributed by atoms with Crippen LogP contribution in [0, 0.1) is 0 Å². The van der Waals surface area contributed by atoms with Crippen LogP contribution in [-0.4, -0.2) is 17.7 Å². The smallest absolute Gasteiger partial charge is 0.330 e. The summed E-state index contributed by atoms with van der Waals surface area (Å²) in [6, 6.07) is 6.62. The van der Waals surface area contributed by atoms with Gasteiger partial charge in [-0.05, 0) is 30.2 Å². The first kappa shape index (κ1) is 13.3. The Morgan fingerprint density at radius 2 is 2.00 bits per heavy atom. The van der Waals surface area contributed by atoms with Crippen molar-refractivity contribution in [3.8, 4) is 5.75 Å². The highest BCUT2D eigenvalue weighted by Gasteiger charge is 1.96.